The Kier molecular flexibility index (Phi) is 5.34. The van der Waals surface area contributed by atoms with Crippen LogP contribution in [0.1, 0.15) is 62.5 Å². The van der Waals surface area contributed by atoms with E-state index in [9.17, 15) is 15.0 Å². The second-order valence-corrected chi connectivity index (χ2v) is 18.8. The predicted octanol–water partition coefficient (Wildman–Crippen LogP) is 3.86. The van der Waals surface area contributed by atoms with Crippen LogP contribution >= 0.6 is 0 Å². The quantitative estimate of drug-likeness (QED) is 0.379. The lowest BCUT2D eigenvalue weighted by Crippen LogP contribution is -2.81. The Bertz CT molecular complexity index is 2040. The minimum Gasteiger partial charge on any atom is -0.506 e. The Labute approximate surface area is 304 Å². The molecule has 0 amide bonds. The van der Waals surface area contributed by atoms with Gasteiger partial charge in [-0.1, -0.05) is 30.3 Å². The molecular weight excluding hydrogens is 656 g/mol. The summed E-state index contributed by atoms with van der Waals surface area (Å²) in [6.07, 6.45) is 7.27. The molecule has 0 radical (unpaired) electrons. The number of carbonyl (C=O) groups is 1. The Balaban J connectivity index is 1.02. The minimum absolute atomic E-state index is 0.0236. The zero-order valence-corrected chi connectivity index (χ0v) is 29.9. The lowest BCUT2D eigenvalue weighted by Gasteiger charge is -2.70. The molecule has 8 fully saturated rings. The van der Waals surface area contributed by atoms with Gasteiger partial charge in [-0.25, -0.2) is 4.79 Å². The van der Waals surface area contributed by atoms with Crippen LogP contribution in [-0.2, 0) is 29.8 Å². The third kappa shape index (κ3) is 2.88. The summed E-state index contributed by atoms with van der Waals surface area (Å²) >= 11 is 0. The van der Waals surface area contributed by atoms with E-state index in [-0.39, 0.29) is 63.6 Å². The molecule has 272 valence electrons. The predicted molar refractivity (Wildman–Crippen MR) is 191 cm³/mol. The number of piperidine rings is 3. The first-order chi connectivity index (χ1) is 25.3. The maximum Gasteiger partial charge on any atom is 0.335 e. The molecule has 10 nitrogen and oxygen atoms in total. The van der Waals surface area contributed by atoms with Gasteiger partial charge in [-0.15, -0.1) is 0 Å². The van der Waals surface area contributed by atoms with Crippen molar-refractivity contribution in [1.29, 1.82) is 0 Å². The zero-order valence-electron chi connectivity index (χ0n) is 29.9. The van der Waals surface area contributed by atoms with Gasteiger partial charge in [-0.3, -0.25) is 9.80 Å². The summed E-state index contributed by atoms with van der Waals surface area (Å²) in [5.41, 5.74) is 3.60. The lowest BCUT2D eigenvalue weighted by atomic mass is 9.43. The number of aliphatic hydroxyl groups is 1. The minimum atomic E-state index is -1.12. The van der Waals surface area contributed by atoms with Gasteiger partial charge in [-0.2, -0.15) is 0 Å². The molecule has 5 spiro atoms. The summed E-state index contributed by atoms with van der Waals surface area (Å²) < 4.78 is 19.4. The molecule has 2 aliphatic carbocycles. The van der Waals surface area contributed by atoms with Crippen LogP contribution in [0.2, 0.25) is 0 Å². The molecule has 11 atom stereocenters. The highest BCUT2D eigenvalue weighted by Gasteiger charge is 2.83. The fraction of sp³-hybridized carbons (Fsp3) is 0.643. The molecule has 10 heteroatoms. The number of nitrogens with one attached hydrogen (secondary N) is 1. The first-order valence-corrected chi connectivity index (χ1v) is 20.0. The molecule has 11 aliphatic rings. The maximum atomic E-state index is 13.9. The van der Waals surface area contributed by atoms with E-state index in [2.05, 4.69) is 50.3 Å². The van der Waals surface area contributed by atoms with Gasteiger partial charge in [0.25, 0.3) is 0 Å². The first kappa shape index (κ1) is 30.2. The van der Waals surface area contributed by atoms with Crippen LogP contribution in [0.5, 0.6) is 5.75 Å². The average molecular weight is 705 g/mol. The number of anilines is 2. The van der Waals surface area contributed by atoms with Gasteiger partial charge in [0.2, 0.25) is 0 Å². The van der Waals surface area contributed by atoms with Crippen LogP contribution in [0.3, 0.4) is 0 Å². The molecule has 3 N–H and O–H groups in total. The van der Waals surface area contributed by atoms with Gasteiger partial charge in [0.1, 0.15) is 5.75 Å². The molecule has 7 saturated heterocycles. The van der Waals surface area contributed by atoms with Crippen molar-refractivity contribution in [3.05, 3.63) is 64.9 Å². The largest absolute Gasteiger partial charge is 0.506 e. The third-order valence-corrected chi connectivity index (χ3v) is 17.5. The summed E-state index contributed by atoms with van der Waals surface area (Å²) in [5.74, 6) is 0.0117. The van der Waals surface area contributed by atoms with Gasteiger partial charge in [0, 0.05) is 78.5 Å². The lowest BCUT2D eigenvalue weighted by molar-refractivity contribution is -0.232. The molecule has 13 rings (SSSR count). The van der Waals surface area contributed by atoms with Crippen molar-refractivity contribution in [2.24, 2.45) is 22.2 Å². The van der Waals surface area contributed by atoms with Gasteiger partial charge >= 0.3 is 5.97 Å². The van der Waals surface area contributed by atoms with Crippen molar-refractivity contribution in [2.75, 3.05) is 63.3 Å². The number of hydrogen-bond donors (Lipinski definition) is 3. The van der Waals surface area contributed by atoms with Gasteiger partial charge in [0.15, 0.2) is 5.72 Å². The Morgan fingerprint density at radius 1 is 0.904 bits per heavy atom. The molecule has 2 aromatic carbocycles. The first-order valence-electron chi connectivity index (χ1n) is 20.0. The normalized spacial score (nSPS) is 48.3. The van der Waals surface area contributed by atoms with E-state index in [1.807, 2.05) is 12.1 Å². The van der Waals surface area contributed by atoms with E-state index in [4.69, 9.17) is 14.2 Å². The third-order valence-electron chi connectivity index (χ3n) is 17.5. The number of fused-ring (bicyclic) bond motifs is 4. The molecule has 2 aromatic rings. The summed E-state index contributed by atoms with van der Waals surface area (Å²) in [6, 6.07) is 15.1. The van der Waals surface area contributed by atoms with Gasteiger partial charge in [0.05, 0.1) is 41.4 Å². The Hall–Kier alpha value is -3.15. The number of benzene rings is 2. The second-order valence-electron chi connectivity index (χ2n) is 18.8. The smallest absolute Gasteiger partial charge is 0.335 e. The highest BCUT2D eigenvalue weighted by Crippen LogP contribution is 2.77. The molecule has 9 heterocycles. The van der Waals surface area contributed by atoms with E-state index in [0.29, 0.717) is 19.6 Å². The topological polar surface area (TPSA) is 107 Å². The van der Waals surface area contributed by atoms with Crippen molar-refractivity contribution < 1.29 is 29.2 Å². The van der Waals surface area contributed by atoms with Gasteiger partial charge in [-0.05, 0) is 87.7 Å². The molecule has 0 aromatic heterocycles. The Morgan fingerprint density at radius 2 is 1.73 bits per heavy atom. The van der Waals surface area contributed by atoms with E-state index >= 15 is 0 Å². The SMILES string of the molecule is COC(=O)C1=C2Nc3ccccc3[C@@]23CCN2C[C@]4(C[C@@H]5C[C@]67CCO[C@H]6CCN6CC[C@@]8(c9cccc(O)c9N(C4)[C@@]58O)[C@@H]67)[C@@H]4OCC[C@]4(C1)[C@H]23. The standard InChI is InChI=1S/C42H48N4O6/c1-50-33(48)25-21-39-13-18-52-36(39)37(22-45-15-10-40(34(39)45)26-5-2-3-7-28(26)43-32(25)40)19-24-20-38-12-17-51-30(38)9-14-44-16-11-41(35(38)44)27-6-4-8-29(47)31(27)46(23-37)42(24,41)49/h2-8,24,30,34-36,43,47,49H,9-23H2,1H3/t24-,30+,34+,35+,36+,37+,38-,39+,40+,41-,42-/m1/s1. The number of nitrogens with zero attached hydrogens (tertiary/aromatic N) is 3. The van der Waals surface area contributed by atoms with E-state index in [1.54, 1.807) is 0 Å². The van der Waals surface area contributed by atoms with Crippen molar-refractivity contribution >= 4 is 17.3 Å². The van der Waals surface area contributed by atoms with Crippen molar-refractivity contribution in [1.82, 2.24) is 9.80 Å². The fourth-order valence-electron chi connectivity index (χ4n) is 16.6. The number of ether oxygens (including phenoxy) is 3. The molecule has 52 heavy (non-hydrogen) atoms. The number of aromatic hydroxyl groups is 1. The number of esters is 1. The molecule has 1 saturated carbocycles. The second kappa shape index (κ2) is 9.20. The maximum absolute atomic E-state index is 13.9. The zero-order chi connectivity index (χ0) is 34.6. The highest BCUT2D eigenvalue weighted by atomic mass is 16.5. The van der Waals surface area contributed by atoms with Crippen LogP contribution in [0, 0.1) is 22.2 Å². The monoisotopic (exact) mass is 704 g/mol. The number of para-hydroxylation sites is 2. The van der Waals surface area contributed by atoms with E-state index < -0.39 is 11.1 Å². The van der Waals surface area contributed by atoms with E-state index in [1.165, 1.54) is 12.7 Å². The van der Waals surface area contributed by atoms with Crippen LogP contribution in [0.15, 0.2) is 53.7 Å². The number of methoxy groups -OCH3 is 1. The van der Waals surface area contributed by atoms with Crippen molar-refractivity contribution in [2.45, 2.75) is 92.2 Å². The molecule has 0 unspecified atom stereocenters. The van der Waals surface area contributed by atoms with Crippen LogP contribution < -0.4 is 10.2 Å². The van der Waals surface area contributed by atoms with Crippen LogP contribution in [-0.4, -0.2) is 109 Å². The Morgan fingerprint density at radius 3 is 2.63 bits per heavy atom. The average Bonchev–Trinajstić information content (AvgIpc) is 3.99. The highest BCUT2D eigenvalue weighted by molar-refractivity contribution is 5.93. The summed E-state index contributed by atoms with van der Waals surface area (Å²) in [5, 5.41) is 29.5. The van der Waals surface area contributed by atoms with Crippen LogP contribution in [0.25, 0.3) is 0 Å². The number of phenolic OH excluding ortho intramolecular Hbond substituents is 1. The summed E-state index contributed by atoms with van der Waals surface area (Å²) in [4.78, 5) is 21.7. The van der Waals surface area contributed by atoms with E-state index in [0.717, 1.165) is 106 Å². The summed E-state index contributed by atoms with van der Waals surface area (Å²) in [7, 11) is 1.51. The molecule has 0 bridgehead atoms. The number of carbonyl (C=O) groups excluding carboxylic acids is 1. The molecule has 9 aliphatic heterocycles. The number of hydrogen-bond acceptors (Lipinski definition) is 10. The van der Waals surface area contributed by atoms with Crippen LogP contribution in [0.4, 0.5) is 11.4 Å². The van der Waals surface area contributed by atoms with Gasteiger partial charge < -0.3 is 34.6 Å². The number of phenols is 1. The van der Waals surface area contributed by atoms with Crippen molar-refractivity contribution in [3.63, 3.8) is 0 Å². The van der Waals surface area contributed by atoms with Crippen molar-refractivity contribution in [3.8, 4) is 5.75 Å². The molecular formula is C42H48N4O6. The fourth-order valence-corrected chi connectivity index (χ4v) is 16.6. The number of rotatable bonds is 1. The summed E-state index contributed by atoms with van der Waals surface area (Å²) in [6.45, 7) is 5.84.